The predicted molar refractivity (Wildman–Crippen MR) is 81.2 cm³/mol. The number of ether oxygens (including phenoxy) is 1. The lowest BCUT2D eigenvalue weighted by Gasteiger charge is -2.15. The second kappa shape index (κ2) is 6.41. The molecule has 2 rings (SSSR count). The summed E-state index contributed by atoms with van der Waals surface area (Å²) in [6.07, 6.45) is -0.833. The molecule has 0 fully saturated rings. The highest BCUT2D eigenvalue weighted by atomic mass is 32.2. The summed E-state index contributed by atoms with van der Waals surface area (Å²) in [4.78, 5) is 11.6. The van der Waals surface area contributed by atoms with E-state index in [9.17, 15) is 15.0 Å². The lowest BCUT2D eigenvalue weighted by atomic mass is 10.0. The van der Waals surface area contributed by atoms with Crippen molar-refractivity contribution in [3.05, 3.63) is 42.5 Å². The number of phenols is 2. The van der Waals surface area contributed by atoms with Gasteiger partial charge >= 0.3 is 6.09 Å². The van der Waals surface area contributed by atoms with Gasteiger partial charge in [0.05, 0.1) is 0 Å². The molecule has 1 atom stereocenters. The molecule has 110 valence electrons. The molecular formula is C15H15NO4S. The summed E-state index contributed by atoms with van der Waals surface area (Å²) in [5.74, 6) is -0.0293. The number of thioether (sulfide) groups is 1. The maximum absolute atomic E-state index is 10.8. The minimum Gasteiger partial charge on any atom is -0.508 e. The summed E-state index contributed by atoms with van der Waals surface area (Å²) in [5, 5.41) is 19.3. The first-order chi connectivity index (χ1) is 9.97. The van der Waals surface area contributed by atoms with Gasteiger partial charge in [0.1, 0.15) is 11.5 Å². The van der Waals surface area contributed by atoms with Gasteiger partial charge in [0, 0.05) is 16.5 Å². The highest BCUT2D eigenvalue weighted by Crippen LogP contribution is 2.39. The number of hydrogen-bond donors (Lipinski definition) is 3. The van der Waals surface area contributed by atoms with E-state index >= 15 is 0 Å². The molecule has 1 unspecified atom stereocenters. The number of primary amides is 1. The van der Waals surface area contributed by atoms with E-state index in [1.54, 1.807) is 13.0 Å². The van der Waals surface area contributed by atoms with Crippen molar-refractivity contribution in [2.45, 2.75) is 17.3 Å². The smallest absolute Gasteiger partial charge is 0.405 e. The van der Waals surface area contributed by atoms with Gasteiger partial charge in [-0.3, -0.25) is 0 Å². The first kappa shape index (κ1) is 15.1. The van der Waals surface area contributed by atoms with E-state index in [0.717, 1.165) is 10.5 Å². The summed E-state index contributed by atoms with van der Waals surface area (Å²) in [6, 6.07) is 11.8. The molecule has 0 aromatic heterocycles. The molecule has 6 heteroatoms. The molecule has 0 aliphatic rings. The molecule has 0 spiro atoms. The molecule has 1 amide bonds. The fourth-order valence-electron chi connectivity index (χ4n) is 1.91. The van der Waals surface area contributed by atoms with Crippen molar-refractivity contribution >= 4 is 17.9 Å². The van der Waals surface area contributed by atoms with E-state index in [2.05, 4.69) is 0 Å². The van der Waals surface area contributed by atoms with Crippen molar-refractivity contribution in [1.29, 1.82) is 0 Å². The zero-order chi connectivity index (χ0) is 15.4. The molecule has 5 nitrogen and oxygen atoms in total. The highest BCUT2D eigenvalue weighted by molar-refractivity contribution is 7.99. The van der Waals surface area contributed by atoms with Crippen LogP contribution in [0.2, 0.25) is 0 Å². The summed E-state index contributed by atoms with van der Waals surface area (Å²) in [5.41, 5.74) is 5.90. The number of carbonyl (C=O) groups is 1. The van der Waals surface area contributed by atoms with Crippen LogP contribution in [0.4, 0.5) is 4.79 Å². The Kier molecular flexibility index (Phi) is 4.59. The van der Waals surface area contributed by atoms with Crippen LogP contribution in [0.3, 0.4) is 0 Å². The third-order valence-corrected chi connectivity index (χ3v) is 3.77. The minimum absolute atomic E-state index is 0.00758. The average molecular weight is 305 g/mol. The maximum Gasteiger partial charge on any atom is 0.405 e. The molecule has 2 aromatic rings. The third kappa shape index (κ3) is 3.82. The fraction of sp³-hybridized carbons (Fsp3) is 0.133. The number of aromatic hydroxyl groups is 2. The van der Waals surface area contributed by atoms with Crippen LogP contribution >= 0.6 is 11.8 Å². The third-order valence-electron chi connectivity index (χ3n) is 2.73. The van der Waals surface area contributed by atoms with E-state index in [1.807, 2.05) is 24.3 Å². The van der Waals surface area contributed by atoms with Crippen LogP contribution in [-0.2, 0) is 4.74 Å². The first-order valence-electron chi connectivity index (χ1n) is 6.21. The Hall–Kier alpha value is -2.34. The Morgan fingerprint density at radius 1 is 1.19 bits per heavy atom. The standard InChI is InChI=1S/C15H15NO4S/c1-9(20-15(16)19)21-14-5-3-2-4-12(14)11-7-6-10(17)8-13(11)18/h2-9,17-18H,1H3,(H2,16,19). The van der Waals surface area contributed by atoms with Crippen molar-refractivity contribution < 1.29 is 19.7 Å². The molecule has 0 bridgehead atoms. The molecule has 0 radical (unpaired) electrons. The maximum atomic E-state index is 10.8. The van der Waals surface area contributed by atoms with Gasteiger partial charge in [-0.15, -0.1) is 0 Å². The summed E-state index contributed by atoms with van der Waals surface area (Å²) >= 11 is 1.31. The molecule has 0 saturated carbocycles. The monoisotopic (exact) mass is 305 g/mol. The number of carbonyl (C=O) groups excluding carboxylic acids is 1. The van der Waals surface area contributed by atoms with Crippen molar-refractivity contribution in [3.63, 3.8) is 0 Å². The van der Waals surface area contributed by atoms with E-state index in [1.165, 1.54) is 23.9 Å². The van der Waals surface area contributed by atoms with Gasteiger partial charge in [-0.05, 0) is 30.7 Å². The summed E-state index contributed by atoms with van der Waals surface area (Å²) in [6.45, 7) is 1.71. The van der Waals surface area contributed by atoms with Crippen LogP contribution in [0.1, 0.15) is 6.92 Å². The van der Waals surface area contributed by atoms with E-state index < -0.39 is 11.5 Å². The molecule has 0 aliphatic heterocycles. The second-order valence-electron chi connectivity index (χ2n) is 4.32. The number of rotatable bonds is 4. The Morgan fingerprint density at radius 2 is 1.90 bits per heavy atom. The van der Waals surface area contributed by atoms with Crippen molar-refractivity contribution in [3.8, 4) is 22.6 Å². The Balaban J connectivity index is 2.34. The van der Waals surface area contributed by atoms with Crippen LogP contribution in [-0.4, -0.2) is 21.7 Å². The van der Waals surface area contributed by atoms with Crippen LogP contribution in [0.15, 0.2) is 47.4 Å². The molecule has 0 aliphatic carbocycles. The van der Waals surface area contributed by atoms with Crippen molar-refractivity contribution in [2.24, 2.45) is 5.73 Å². The zero-order valence-electron chi connectivity index (χ0n) is 11.3. The van der Waals surface area contributed by atoms with Gasteiger partial charge in [0.2, 0.25) is 0 Å². The largest absolute Gasteiger partial charge is 0.508 e. The molecule has 2 aromatic carbocycles. The van der Waals surface area contributed by atoms with Crippen LogP contribution in [0.25, 0.3) is 11.1 Å². The Bertz CT molecular complexity index is 660. The SMILES string of the molecule is CC(OC(N)=O)Sc1ccccc1-c1ccc(O)cc1O. The van der Waals surface area contributed by atoms with E-state index in [-0.39, 0.29) is 11.5 Å². The molecule has 4 N–H and O–H groups in total. The topological polar surface area (TPSA) is 92.8 Å². The molecular weight excluding hydrogens is 290 g/mol. The fourth-order valence-corrected chi connectivity index (χ4v) is 2.87. The van der Waals surface area contributed by atoms with Gasteiger partial charge in [0.25, 0.3) is 0 Å². The van der Waals surface area contributed by atoms with Crippen molar-refractivity contribution in [2.75, 3.05) is 0 Å². The van der Waals surface area contributed by atoms with Crippen molar-refractivity contribution in [1.82, 2.24) is 0 Å². The molecule has 0 saturated heterocycles. The average Bonchev–Trinajstić information content (AvgIpc) is 2.39. The minimum atomic E-state index is -0.833. The number of nitrogens with two attached hydrogens (primary N) is 1. The normalized spacial score (nSPS) is 11.9. The van der Waals surface area contributed by atoms with Gasteiger partial charge < -0.3 is 20.7 Å². The summed E-state index contributed by atoms with van der Waals surface area (Å²) < 4.78 is 4.89. The predicted octanol–water partition coefficient (Wildman–Crippen LogP) is 3.30. The van der Waals surface area contributed by atoms with E-state index in [0.29, 0.717) is 5.56 Å². The Labute approximate surface area is 126 Å². The van der Waals surface area contributed by atoms with Gasteiger partial charge in [-0.2, -0.15) is 0 Å². The Morgan fingerprint density at radius 3 is 2.57 bits per heavy atom. The zero-order valence-corrected chi connectivity index (χ0v) is 12.1. The van der Waals surface area contributed by atoms with Crippen LogP contribution in [0, 0.1) is 0 Å². The van der Waals surface area contributed by atoms with Gasteiger partial charge in [-0.25, -0.2) is 4.79 Å². The summed E-state index contributed by atoms with van der Waals surface area (Å²) in [7, 11) is 0. The number of phenolic OH excluding ortho intramolecular Hbond substituents is 2. The van der Waals surface area contributed by atoms with Crippen LogP contribution in [0.5, 0.6) is 11.5 Å². The molecule has 21 heavy (non-hydrogen) atoms. The van der Waals surface area contributed by atoms with Crippen LogP contribution < -0.4 is 5.73 Å². The van der Waals surface area contributed by atoms with Gasteiger partial charge in [0.15, 0.2) is 5.44 Å². The van der Waals surface area contributed by atoms with Gasteiger partial charge in [-0.1, -0.05) is 30.0 Å². The number of hydrogen-bond acceptors (Lipinski definition) is 5. The number of benzene rings is 2. The molecule has 0 heterocycles. The highest BCUT2D eigenvalue weighted by Gasteiger charge is 2.14. The second-order valence-corrected chi connectivity index (χ2v) is 5.66. The lowest BCUT2D eigenvalue weighted by molar-refractivity contribution is 0.152. The first-order valence-corrected chi connectivity index (χ1v) is 7.09. The quantitative estimate of drug-likeness (QED) is 0.595. The van der Waals surface area contributed by atoms with E-state index in [4.69, 9.17) is 10.5 Å². The lowest BCUT2D eigenvalue weighted by Crippen LogP contribution is -2.17. The number of amides is 1.